The van der Waals surface area contributed by atoms with Crippen LogP contribution in [0.2, 0.25) is 0 Å². The smallest absolute Gasteiger partial charge is 0.340 e. The lowest BCUT2D eigenvalue weighted by molar-refractivity contribution is -0.144. The van der Waals surface area contributed by atoms with E-state index in [0.717, 1.165) is 23.1 Å². The summed E-state index contributed by atoms with van der Waals surface area (Å²) >= 11 is 1.40. The van der Waals surface area contributed by atoms with E-state index in [0.29, 0.717) is 29.3 Å². The van der Waals surface area contributed by atoms with Crippen molar-refractivity contribution in [1.82, 2.24) is 4.98 Å². The van der Waals surface area contributed by atoms with E-state index in [1.54, 1.807) is 24.3 Å². The number of fused-ring (bicyclic) bond motifs is 1. The third kappa shape index (κ3) is 3.77. The second-order valence-corrected chi connectivity index (χ2v) is 7.48. The molecule has 0 spiro atoms. The second kappa shape index (κ2) is 7.58. The summed E-state index contributed by atoms with van der Waals surface area (Å²) in [5.41, 5.74) is 2.58. The number of benzene rings is 2. The van der Waals surface area contributed by atoms with E-state index in [-0.39, 0.29) is 11.8 Å². The zero-order valence-corrected chi connectivity index (χ0v) is 15.8. The average molecular weight is 381 g/mol. The molecular formula is C21H19NO4S. The van der Waals surface area contributed by atoms with Gasteiger partial charge in [-0.1, -0.05) is 13.0 Å². The highest BCUT2D eigenvalue weighted by Crippen LogP contribution is 2.26. The Kier molecular flexibility index (Phi) is 5.01. The van der Waals surface area contributed by atoms with E-state index in [4.69, 9.17) is 9.47 Å². The molecule has 3 aromatic rings. The molecule has 1 aliphatic rings. The van der Waals surface area contributed by atoms with Gasteiger partial charge in [-0.2, -0.15) is 0 Å². The number of aromatic nitrogens is 1. The van der Waals surface area contributed by atoms with Gasteiger partial charge in [0.1, 0.15) is 5.75 Å². The van der Waals surface area contributed by atoms with Crippen LogP contribution in [0.5, 0.6) is 5.75 Å². The van der Waals surface area contributed by atoms with Crippen molar-refractivity contribution in [3.8, 4) is 5.75 Å². The zero-order chi connectivity index (χ0) is 18.8. The largest absolute Gasteiger partial charge is 0.425 e. The van der Waals surface area contributed by atoms with Crippen LogP contribution in [0.3, 0.4) is 0 Å². The predicted molar refractivity (Wildman–Crippen MR) is 103 cm³/mol. The molecule has 0 radical (unpaired) electrons. The molecule has 0 aliphatic carbocycles. The minimum atomic E-state index is -0.484. The van der Waals surface area contributed by atoms with E-state index >= 15 is 0 Å². The van der Waals surface area contributed by atoms with Crippen molar-refractivity contribution < 1.29 is 19.1 Å². The van der Waals surface area contributed by atoms with Gasteiger partial charge < -0.3 is 9.47 Å². The first-order valence-corrected chi connectivity index (χ1v) is 9.83. The highest BCUT2D eigenvalue weighted by atomic mass is 32.1. The number of carbonyl (C=O) groups is 2. The van der Waals surface area contributed by atoms with E-state index in [9.17, 15) is 9.59 Å². The molecule has 2 heterocycles. The Morgan fingerprint density at radius 3 is 2.74 bits per heavy atom. The molecule has 0 bridgehead atoms. The number of esters is 1. The predicted octanol–water partition coefficient (Wildman–Crippen LogP) is 4.17. The standard InChI is InChI=1S/C21H19NO4S/c1-2-13-5-10-16-18(12-13)27-20(22-16)19(23)14-6-8-15(9-7-14)26-21(24)17-4-3-11-25-17/h5-10,12,17H,2-4,11H2,1H3. The van der Waals surface area contributed by atoms with Gasteiger partial charge in [-0.25, -0.2) is 9.78 Å². The molecule has 5 nitrogen and oxygen atoms in total. The molecule has 0 saturated carbocycles. The summed E-state index contributed by atoms with van der Waals surface area (Å²) < 4.78 is 11.7. The number of ketones is 1. The molecule has 4 rings (SSSR count). The van der Waals surface area contributed by atoms with Gasteiger partial charge in [-0.05, 0) is 61.2 Å². The minimum absolute atomic E-state index is 0.133. The third-order valence-corrected chi connectivity index (χ3v) is 5.60. The molecule has 1 unspecified atom stereocenters. The molecule has 0 N–H and O–H groups in total. The SMILES string of the molecule is CCc1ccc2nc(C(=O)c3ccc(OC(=O)C4CCCO4)cc3)sc2c1. The van der Waals surface area contributed by atoms with Crippen LogP contribution in [0.15, 0.2) is 42.5 Å². The van der Waals surface area contributed by atoms with Gasteiger partial charge in [0.15, 0.2) is 11.1 Å². The van der Waals surface area contributed by atoms with Crippen LogP contribution in [-0.4, -0.2) is 29.4 Å². The fraction of sp³-hybridized carbons (Fsp3) is 0.286. The summed E-state index contributed by atoms with van der Waals surface area (Å²) in [6.07, 6.45) is 2.02. The summed E-state index contributed by atoms with van der Waals surface area (Å²) in [4.78, 5) is 29.2. The van der Waals surface area contributed by atoms with E-state index in [1.165, 1.54) is 16.9 Å². The first-order valence-electron chi connectivity index (χ1n) is 9.01. The fourth-order valence-electron chi connectivity index (χ4n) is 3.03. The van der Waals surface area contributed by atoms with Crippen molar-refractivity contribution in [3.05, 3.63) is 58.6 Å². The van der Waals surface area contributed by atoms with Crippen molar-refractivity contribution in [2.45, 2.75) is 32.3 Å². The number of hydrogen-bond donors (Lipinski definition) is 0. The number of aryl methyl sites for hydroxylation is 1. The molecule has 6 heteroatoms. The van der Waals surface area contributed by atoms with Crippen LogP contribution >= 0.6 is 11.3 Å². The molecule has 138 valence electrons. The summed E-state index contributed by atoms with van der Waals surface area (Å²) in [6, 6.07) is 12.6. The van der Waals surface area contributed by atoms with Crippen LogP contribution in [0.25, 0.3) is 10.2 Å². The third-order valence-electron chi connectivity index (χ3n) is 4.58. The zero-order valence-electron chi connectivity index (χ0n) is 14.9. The van der Waals surface area contributed by atoms with Gasteiger partial charge in [0.2, 0.25) is 5.78 Å². The first kappa shape index (κ1) is 17.8. The van der Waals surface area contributed by atoms with Crippen molar-refractivity contribution in [3.63, 3.8) is 0 Å². The van der Waals surface area contributed by atoms with E-state index in [1.807, 2.05) is 12.1 Å². The topological polar surface area (TPSA) is 65.5 Å². The lowest BCUT2D eigenvalue weighted by atomic mass is 10.1. The van der Waals surface area contributed by atoms with Crippen molar-refractivity contribution in [1.29, 1.82) is 0 Å². The van der Waals surface area contributed by atoms with Gasteiger partial charge in [0, 0.05) is 12.2 Å². The number of carbonyl (C=O) groups excluding carboxylic acids is 2. The van der Waals surface area contributed by atoms with Gasteiger partial charge >= 0.3 is 5.97 Å². The summed E-state index contributed by atoms with van der Waals surface area (Å²) in [6.45, 7) is 2.69. The monoisotopic (exact) mass is 381 g/mol. The highest BCUT2D eigenvalue weighted by molar-refractivity contribution is 7.20. The lowest BCUT2D eigenvalue weighted by Crippen LogP contribution is -2.24. The van der Waals surface area contributed by atoms with Gasteiger partial charge in [-0.3, -0.25) is 4.79 Å². The van der Waals surface area contributed by atoms with Crippen LogP contribution in [0.4, 0.5) is 0 Å². The van der Waals surface area contributed by atoms with E-state index in [2.05, 4.69) is 18.0 Å². The van der Waals surface area contributed by atoms with Crippen molar-refractivity contribution in [2.24, 2.45) is 0 Å². The van der Waals surface area contributed by atoms with Gasteiger partial charge in [-0.15, -0.1) is 11.3 Å². The maximum atomic E-state index is 12.7. The lowest BCUT2D eigenvalue weighted by Gasteiger charge is -2.09. The normalized spacial score (nSPS) is 16.6. The maximum Gasteiger partial charge on any atom is 0.340 e. The Hall–Kier alpha value is -2.57. The molecule has 1 aromatic heterocycles. The first-order chi connectivity index (χ1) is 13.1. The average Bonchev–Trinajstić information content (AvgIpc) is 3.37. The molecule has 2 aromatic carbocycles. The molecule has 0 amide bonds. The van der Waals surface area contributed by atoms with E-state index < -0.39 is 6.10 Å². The second-order valence-electron chi connectivity index (χ2n) is 6.45. The number of hydrogen-bond acceptors (Lipinski definition) is 6. The Labute approximate surface area is 160 Å². The van der Waals surface area contributed by atoms with Crippen molar-refractivity contribution in [2.75, 3.05) is 6.61 Å². The molecule has 1 atom stereocenters. The van der Waals surface area contributed by atoms with Gasteiger partial charge in [0.05, 0.1) is 10.2 Å². The Balaban J connectivity index is 1.49. The molecule has 1 saturated heterocycles. The Bertz CT molecular complexity index is 987. The molecular weight excluding hydrogens is 362 g/mol. The maximum absolute atomic E-state index is 12.7. The van der Waals surface area contributed by atoms with Crippen LogP contribution in [0.1, 0.15) is 40.7 Å². The van der Waals surface area contributed by atoms with Gasteiger partial charge in [0.25, 0.3) is 0 Å². The quantitative estimate of drug-likeness (QED) is 0.377. The van der Waals surface area contributed by atoms with Crippen LogP contribution < -0.4 is 4.74 Å². The molecule has 1 aliphatic heterocycles. The fourth-order valence-corrected chi connectivity index (χ4v) is 4.02. The summed E-state index contributed by atoms with van der Waals surface area (Å²) in [7, 11) is 0. The number of ether oxygens (including phenoxy) is 2. The van der Waals surface area contributed by atoms with Crippen LogP contribution in [-0.2, 0) is 16.0 Å². The summed E-state index contributed by atoms with van der Waals surface area (Å²) in [5.74, 6) is -0.111. The summed E-state index contributed by atoms with van der Waals surface area (Å²) in [5, 5.41) is 0.461. The molecule has 27 heavy (non-hydrogen) atoms. The number of nitrogens with zero attached hydrogens (tertiary/aromatic N) is 1. The number of rotatable bonds is 5. The Morgan fingerprint density at radius 2 is 2.04 bits per heavy atom. The Morgan fingerprint density at radius 1 is 1.22 bits per heavy atom. The van der Waals surface area contributed by atoms with Crippen molar-refractivity contribution >= 4 is 33.3 Å². The molecule has 1 fully saturated rings. The van der Waals surface area contributed by atoms with Crippen LogP contribution in [0, 0.1) is 0 Å². The number of thiazole rings is 1. The minimum Gasteiger partial charge on any atom is -0.425 e. The highest BCUT2D eigenvalue weighted by Gasteiger charge is 2.25.